The van der Waals surface area contributed by atoms with Crippen LogP contribution in [0.3, 0.4) is 0 Å². The van der Waals surface area contributed by atoms with Crippen molar-refractivity contribution >= 4 is 11.6 Å². The van der Waals surface area contributed by atoms with Crippen molar-refractivity contribution in [3.05, 3.63) is 65.6 Å². The van der Waals surface area contributed by atoms with E-state index in [4.69, 9.17) is 0 Å². The number of carbonyl (C=O) groups is 1. The third-order valence-electron chi connectivity index (χ3n) is 4.79. The maximum atomic E-state index is 13.2. The molecule has 1 aliphatic heterocycles. The van der Waals surface area contributed by atoms with Crippen molar-refractivity contribution in [2.75, 3.05) is 19.6 Å². The van der Waals surface area contributed by atoms with Crippen LogP contribution in [0.1, 0.15) is 34.5 Å². The number of nitrogens with one attached hydrogen (secondary N) is 1. The van der Waals surface area contributed by atoms with E-state index in [1.165, 1.54) is 5.56 Å². The van der Waals surface area contributed by atoms with Crippen LogP contribution in [0.2, 0.25) is 0 Å². The van der Waals surface area contributed by atoms with Crippen molar-refractivity contribution < 1.29 is 4.79 Å². The third-order valence-corrected chi connectivity index (χ3v) is 4.79. The summed E-state index contributed by atoms with van der Waals surface area (Å²) in [4.78, 5) is 19.4. The Morgan fingerprint density at radius 1 is 1.32 bits per heavy atom. The van der Waals surface area contributed by atoms with Crippen molar-refractivity contribution in [1.82, 2.24) is 24.8 Å². The first kappa shape index (κ1) is 15.8. The first-order chi connectivity index (χ1) is 12.3. The average Bonchev–Trinajstić information content (AvgIpc) is 3.12. The molecule has 0 saturated carbocycles. The van der Waals surface area contributed by atoms with Gasteiger partial charge in [0.25, 0.3) is 5.91 Å². The Morgan fingerprint density at radius 3 is 2.96 bits per heavy atom. The molecule has 3 aromatic rings. The van der Waals surface area contributed by atoms with E-state index in [9.17, 15) is 4.79 Å². The van der Waals surface area contributed by atoms with Gasteiger partial charge in [0.2, 0.25) is 0 Å². The second-order valence-electron chi connectivity index (χ2n) is 6.26. The van der Waals surface area contributed by atoms with E-state index in [0.717, 1.165) is 25.1 Å². The van der Waals surface area contributed by atoms with Gasteiger partial charge in [-0.25, -0.2) is 9.50 Å². The van der Waals surface area contributed by atoms with E-state index >= 15 is 0 Å². The summed E-state index contributed by atoms with van der Waals surface area (Å²) in [5.41, 5.74) is 3.61. The van der Waals surface area contributed by atoms with E-state index in [-0.39, 0.29) is 11.9 Å². The number of carbonyl (C=O) groups excluding carboxylic acids is 1. The summed E-state index contributed by atoms with van der Waals surface area (Å²) in [7, 11) is 0. The van der Waals surface area contributed by atoms with Crippen LogP contribution in [0.4, 0.5) is 0 Å². The van der Waals surface area contributed by atoms with Crippen molar-refractivity contribution in [3.8, 4) is 0 Å². The topological polar surface area (TPSA) is 62.5 Å². The quantitative estimate of drug-likeness (QED) is 0.796. The number of benzene rings is 1. The molecule has 1 amide bonds. The lowest BCUT2D eigenvalue weighted by Gasteiger charge is -2.36. The van der Waals surface area contributed by atoms with Crippen LogP contribution in [0.5, 0.6) is 0 Å². The minimum atomic E-state index is -0.0141. The summed E-state index contributed by atoms with van der Waals surface area (Å²) in [6.45, 7) is 4.36. The van der Waals surface area contributed by atoms with Crippen molar-refractivity contribution in [1.29, 1.82) is 0 Å². The highest BCUT2D eigenvalue weighted by Crippen LogP contribution is 2.25. The van der Waals surface area contributed by atoms with Gasteiger partial charge in [0, 0.05) is 32.0 Å². The third kappa shape index (κ3) is 2.89. The Morgan fingerprint density at radius 2 is 2.16 bits per heavy atom. The van der Waals surface area contributed by atoms with Crippen LogP contribution >= 0.6 is 0 Å². The Bertz CT molecular complexity index is 886. The number of aromatic nitrogens is 3. The molecule has 1 saturated heterocycles. The van der Waals surface area contributed by atoms with E-state index in [0.29, 0.717) is 17.8 Å². The van der Waals surface area contributed by atoms with Gasteiger partial charge in [-0.2, -0.15) is 5.10 Å². The largest absolute Gasteiger partial charge is 0.329 e. The smallest absolute Gasteiger partial charge is 0.259 e. The maximum Gasteiger partial charge on any atom is 0.259 e. The maximum absolute atomic E-state index is 13.2. The van der Waals surface area contributed by atoms with E-state index in [1.54, 1.807) is 29.2 Å². The zero-order valence-corrected chi connectivity index (χ0v) is 14.2. The lowest BCUT2D eigenvalue weighted by molar-refractivity contribution is 0.0636. The normalized spacial score (nSPS) is 17.8. The molecular formula is C19H21N5O. The number of piperazine rings is 1. The standard InChI is InChI=1S/C19H21N5O/c1-2-14-4-6-15(7-5-14)17-13-20-9-11-23(17)19(25)16-12-22-24-10-3-8-21-18(16)24/h3-8,10,12,17,20H,2,9,11,13H2,1H3. The van der Waals surface area contributed by atoms with Crippen molar-refractivity contribution in [3.63, 3.8) is 0 Å². The van der Waals surface area contributed by atoms with E-state index in [1.807, 2.05) is 4.90 Å². The first-order valence-electron chi connectivity index (χ1n) is 8.67. The predicted octanol–water partition coefficient (Wildman–Crippen LogP) is 2.08. The molecular weight excluding hydrogens is 314 g/mol. The zero-order valence-electron chi connectivity index (χ0n) is 14.2. The van der Waals surface area contributed by atoms with Gasteiger partial charge < -0.3 is 10.2 Å². The number of nitrogens with zero attached hydrogens (tertiary/aromatic N) is 4. The lowest BCUT2D eigenvalue weighted by Crippen LogP contribution is -2.48. The molecule has 1 aromatic carbocycles. The summed E-state index contributed by atoms with van der Waals surface area (Å²) in [5.74, 6) is -0.0141. The molecule has 128 valence electrons. The summed E-state index contributed by atoms with van der Waals surface area (Å²) in [5, 5.41) is 7.64. The molecule has 4 rings (SSSR count). The number of hydrogen-bond donors (Lipinski definition) is 1. The van der Waals surface area contributed by atoms with Gasteiger partial charge in [-0.15, -0.1) is 0 Å². The highest BCUT2D eigenvalue weighted by atomic mass is 16.2. The van der Waals surface area contributed by atoms with Crippen molar-refractivity contribution in [2.45, 2.75) is 19.4 Å². The van der Waals surface area contributed by atoms with Crippen LogP contribution in [-0.2, 0) is 6.42 Å². The minimum absolute atomic E-state index is 0.0141. The Hall–Kier alpha value is -2.73. The molecule has 1 fully saturated rings. The number of aryl methyl sites for hydroxylation is 1. The molecule has 6 nitrogen and oxygen atoms in total. The van der Waals surface area contributed by atoms with Gasteiger partial charge in [0.15, 0.2) is 5.65 Å². The van der Waals surface area contributed by atoms with E-state index < -0.39 is 0 Å². The minimum Gasteiger partial charge on any atom is -0.329 e. The number of hydrogen-bond acceptors (Lipinski definition) is 4. The van der Waals surface area contributed by atoms with Crippen LogP contribution in [0.25, 0.3) is 5.65 Å². The van der Waals surface area contributed by atoms with Crippen LogP contribution in [0.15, 0.2) is 48.9 Å². The van der Waals surface area contributed by atoms with Crippen molar-refractivity contribution in [2.24, 2.45) is 0 Å². The second kappa shape index (κ2) is 6.64. The molecule has 0 bridgehead atoms. The highest BCUT2D eigenvalue weighted by Gasteiger charge is 2.30. The van der Waals surface area contributed by atoms with Gasteiger partial charge in [-0.3, -0.25) is 4.79 Å². The lowest BCUT2D eigenvalue weighted by atomic mass is 10.0. The molecule has 1 N–H and O–H groups in total. The number of amides is 1. The van der Waals surface area contributed by atoms with E-state index in [2.05, 4.69) is 46.6 Å². The fraction of sp³-hybridized carbons (Fsp3) is 0.316. The Balaban J connectivity index is 1.67. The first-order valence-corrected chi connectivity index (χ1v) is 8.67. The fourth-order valence-electron chi connectivity index (χ4n) is 3.35. The molecule has 1 unspecified atom stereocenters. The highest BCUT2D eigenvalue weighted by molar-refractivity contribution is 5.99. The zero-order chi connectivity index (χ0) is 17.2. The van der Waals surface area contributed by atoms with Gasteiger partial charge in [-0.1, -0.05) is 31.2 Å². The van der Waals surface area contributed by atoms with Crippen LogP contribution < -0.4 is 5.32 Å². The molecule has 2 aromatic heterocycles. The summed E-state index contributed by atoms with van der Waals surface area (Å²) in [6.07, 6.45) is 6.12. The summed E-state index contributed by atoms with van der Waals surface area (Å²) in [6, 6.07) is 10.4. The van der Waals surface area contributed by atoms with Gasteiger partial charge in [0.1, 0.15) is 5.56 Å². The van der Waals surface area contributed by atoms with Gasteiger partial charge in [0.05, 0.1) is 12.2 Å². The molecule has 0 spiro atoms. The molecule has 1 atom stereocenters. The molecule has 3 heterocycles. The number of fused-ring (bicyclic) bond motifs is 1. The fourth-order valence-corrected chi connectivity index (χ4v) is 3.35. The van der Waals surface area contributed by atoms with Crippen LogP contribution in [-0.4, -0.2) is 45.0 Å². The number of rotatable bonds is 3. The summed E-state index contributed by atoms with van der Waals surface area (Å²) < 4.78 is 1.64. The molecule has 0 radical (unpaired) electrons. The SMILES string of the molecule is CCc1ccc(C2CNCCN2C(=O)c2cnn3cccnc23)cc1. The predicted molar refractivity (Wildman–Crippen MR) is 95.5 cm³/mol. The Kier molecular flexibility index (Phi) is 4.19. The van der Waals surface area contributed by atoms with Crippen LogP contribution in [0, 0.1) is 0 Å². The summed E-state index contributed by atoms with van der Waals surface area (Å²) >= 11 is 0. The second-order valence-corrected chi connectivity index (χ2v) is 6.26. The Labute approximate surface area is 146 Å². The monoisotopic (exact) mass is 335 g/mol. The molecule has 0 aliphatic carbocycles. The average molecular weight is 335 g/mol. The molecule has 25 heavy (non-hydrogen) atoms. The van der Waals surface area contributed by atoms with Gasteiger partial charge in [-0.05, 0) is 23.6 Å². The molecule has 1 aliphatic rings. The van der Waals surface area contributed by atoms with Gasteiger partial charge >= 0.3 is 0 Å². The molecule has 6 heteroatoms.